The number of halogens is 2. The second-order valence-corrected chi connectivity index (χ2v) is 8.53. The van der Waals surface area contributed by atoms with Gasteiger partial charge in [-0.25, -0.2) is 18.6 Å². The maximum atomic E-state index is 14.6. The Bertz CT molecular complexity index is 1160. The lowest BCUT2D eigenvalue weighted by Gasteiger charge is -2.16. The Balaban J connectivity index is 1.88. The third-order valence-electron chi connectivity index (χ3n) is 5.17. The molecule has 0 spiro atoms. The summed E-state index contributed by atoms with van der Waals surface area (Å²) in [6.07, 6.45) is 1.83. The molecular formula is C24H29F2N5O2. The fourth-order valence-electron chi connectivity index (χ4n) is 3.42. The summed E-state index contributed by atoms with van der Waals surface area (Å²) < 4.78 is 28.2. The van der Waals surface area contributed by atoms with Crippen molar-refractivity contribution in [3.05, 3.63) is 47.5 Å². The van der Waals surface area contributed by atoms with E-state index in [1.165, 1.54) is 19.9 Å². The van der Waals surface area contributed by atoms with Crippen LogP contribution in [0.15, 0.2) is 30.5 Å². The smallest absolute Gasteiger partial charge is 0.319 e. The van der Waals surface area contributed by atoms with E-state index in [1.54, 1.807) is 25.3 Å². The molecule has 0 fully saturated rings. The van der Waals surface area contributed by atoms with Gasteiger partial charge in [0.1, 0.15) is 17.3 Å². The minimum atomic E-state index is -1.40. The van der Waals surface area contributed by atoms with Crippen molar-refractivity contribution in [2.75, 3.05) is 30.3 Å². The zero-order valence-corrected chi connectivity index (χ0v) is 19.2. The van der Waals surface area contributed by atoms with Gasteiger partial charge in [0.15, 0.2) is 0 Å². The van der Waals surface area contributed by atoms with E-state index in [0.29, 0.717) is 17.9 Å². The lowest BCUT2D eigenvalue weighted by atomic mass is 9.97. The number of hydrogen-bond donors (Lipinski definition) is 4. The highest BCUT2D eigenvalue weighted by Gasteiger charge is 2.17. The Morgan fingerprint density at radius 2 is 1.88 bits per heavy atom. The SMILES string of the molecule is Cc1cc(F)c(NC(=O)NCCC(C)(C)F)cc1-c1cc2cnc(NCCO)cc2nc1C. The minimum Gasteiger partial charge on any atom is -0.395 e. The van der Waals surface area contributed by atoms with Gasteiger partial charge in [0.05, 0.1) is 17.8 Å². The number of pyridine rings is 2. The molecule has 7 nitrogen and oxygen atoms in total. The number of fused-ring (bicyclic) bond motifs is 1. The number of aryl methyl sites for hydroxylation is 2. The summed E-state index contributed by atoms with van der Waals surface area (Å²) in [5, 5.41) is 17.8. The van der Waals surface area contributed by atoms with E-state index in [2.05, 4.69) is 25.9 Å². The summed E-state index contributed by atoms with van der Waals surface area (Å²) in [6, 6.07) is 6.06. The van der Waals surface area contributed by atoms with Crippen LogP contribution in [0, 0.1) is 19.7 Å². The molecule has 0 bridgehead atoms. The molecule has 2 amide bonds. The molecule has 4 N–H and O–H groups in total. The molecule has 9 heteroatoms. The number of nitrogens with zero attached hydrogens (tertiary/aromatic N) is 2. The first kappa shape index (κ1) is 24.3. The maximum absolute atomic E-state index is 14.6. The highest BCUT2D eigenvalue weighted by Crippen LogP contribution is 2.32. The number of rotatable bonds is 8. The number of amides is 2. The van der Waals surface area contributed by atoms with Crippen LogP contribution in [-0.2, 0) is 0 Å². The topological polar surface area (TPSA) is 99.2 Å². The number of hydrogen-bond acceptors (Lipinski definition) is 5. The summed E-state index contributed by atoms with van der Waals surface area (Å²) in [6.45, 7) is 7.02. The fraction of sp³-hybridized carbons (Fsp3) is 0.375. The van der Waals surface area contributed by atoms with E-state index in [0.717, 1.165) is 27.7 Å². The molecule has 0 aliphatic carbocycles. The highest BCUT2D eigenvalue weighted by molar-refractivity contribution is 5.92. The van der Waals surface area contributed by atoms with Crippen molar-refractivity contribution in [2.24, 2.45) is 0 Å². The molecule has 3 rings (SSSR count). The first-order valence-corrected chi connectivity index (χ1v) is 10.7. The van der Waals surface area contributed by atoms with Crippen LogP contribution in [-0.4, -0.2) is 46.5 Å². The van der Waals surface area contributed by atoms with Crippen LogP contribution >= 0.6 is 0 Å². The van der Waals surface area contributed by atoms with Crippen molar-refractivity contribution in [2.45, 2.75) is 39.8 Å². The molecule has 176 valence electrons. The third kappa shape index (κ3) is 6.35. The third-order valence-corrected chi connectivity index (χ3v) is 5.17. The number of benzene rings is 1. The van der Waals surface area contributed by atoms with Gasteiger partial charge in [-0.15, -0.1) is 0 Å². The van der Waals surface area contributed by atoms with Crippen molar-refractivity contribution in [3.63, 3.8) is 0 Å². The van der Waals surface area contributed by atoms with Crippen LogP contribution in [0.5, 0.6) is 0 Å². The molecule has 33 heavy (non-hydrogen) atoms. The molecule has 2 aromatic heterocycles. The fourth-order valence-corrected chi connectivity index (χ4v) is 3.42. The minimum absolute atomic E-state index is 0.00280. The average Bonchev–Trinajstić information content (AvgIpc) is 2.73. The number of carbonyl (C=O) groups excluding carboxylic acids is 1. The van der Waals surface area contributed by atoms with E-state index in [4.69, 9.17) is 5.11 Å². The van der Waals surface area contributed by atoms with Crippen LogP contribution in [0.4, 0.5) is 25.1 Å². The van der Waals surface area contributed by atoms with Crippen LogP contribution in [0.1, 0.15) is 31.5 Å². The number of aliphatic hydroxyl groups excluding tert-OH is 1. The molecule has 0 atom stereocenters. The normalized spacial score (nSPS) is 11.5. The van der Waals surface area contributed by atoms with Gasteiger partial charge in [-0.3, -0.25) is 4.98 Å². The second kappa shape index (κ2) is 10.1. The quantitative estimate of drug-likeness (QED) is 0.392. The molecular weight excluding hydrogens is 428 g/mol. The predicted octanol–water partition coefficient (Wildman–Crippen LogP) is 4.72. The molecule has 0 radical (unpaired) electrons. The second-order valence-electron chi connectivity index (χ2n) is 8.53. The molecule has 2 heterocycles. The van der Waals surface area contributed by atoms with Crippen molar-refractivity contribution < 1.29 is 18.7 Å². The number of aromatic nitrogens is 2. The zero-order chi connectivity index (χ0) is 24.2. The molecule has 0 aliphatic rings. The van der Waals surface area contributed by atoms with Gasteiger partial charge in [-0.1, -0.05) is 0 Å². The number of carbonyl (C=O) groups is 1. The highest BCUT2D eigenvalue weighted by atomic mass is 19.1. The Kier molecular flexibility index (Phi) is 7.43. The monoisotopic (exact) mass is 457 g/mol. The van der Waals surface area contributed by atoms with E-state index in [1.807, 2.05) is 13.0 Å². The van der Waals surface area contributed by atoms with Gasteiger partial charge in [0.2, 0.25) is 0 Å². The van der Waals surface area contributed by atoms with Crippen LogP contribution in [0.25, 0.3) is 22.0 Å². The summed E-state index contributed by atoms with van der Waals surface area (Å²) in [7, 11) is 0. The summed E-state index contributed by atoms with van der Waals surface area (Å²) in [4.78, 5) is 21.2. The average molecular weight is 458 g/mol. The van der Waals surface area contributed by atoms with Crippen molar-refractivity contribution in [1.82, 2.24) is 15.3 Å². The Morgan fingerprint density at radius 3 is 2.58 bits per heavy atom. The molecule has 1 aromatic carbocycles. The molecule has 0 saturated carbocycles. The first-order chi connectivity index (χ1) is 15.6. The van der Waals surface area contributed by atoms with E-state index in [-0.39, 0.29) is 25.3 Å². The summed E-state index contributed by atoms with van der Waals surface area (Å²) in [5.41, 5.74) is 2.30. The van der Waals surface area contributed by atoms with Gasteiger partial charge in [-0.05, 0) is 63.4 Å². The van der Waals surface area contributed by atoms with Crippen molar-refractivity contribution >= 4 is 28.4 Å². The molecule has 3 aromatic rings. The predicted molar refractivity (Wildman–Crippen MR) is 127 cm³/mol. The van der Waals surface area contributed by atoms with Gasteiger partial charge >= 0.3 is 6.03 Å². The van der Waals surface area contributed by atoms with Gasteiger partial charge < -0.3 is 21.1 Å². The zero-order valence-electron chi connectivity index (χ0n) is 19.2. The van der Waals surface area contributed by atoms with E-state index >= 15 is 0 Å². The number of anilines is 2. The standard InChI is InChI=1S/C24H29F2N5O2/c1-14-9-19(25)21(31-23(33)28-6-5-24(3,4)26)11-17(14)18-10-16-13-29-22(27-7-8-32)12-20(16)30-15(18)2/h9-13,32H,5-8H2,1-4H3,(H,27,29)(H2,28,31,33). The summed E-state index contributed by atoms with van der Waals surface area (Å²) in [5.74, 6) is 0.0488. The first-order valence-electron chi connectivity index (χ1n) is 10.7. The number of urea groups is 1. The van der Waals surface area contributed by atoms with Gasteiger partial charge in [0, 0.05) is 42.0 Å². The van der Waals surface area contributed by atoms with E-state index < -0.39 is 17.5 Å². The maximum Gasteiger partial charge on any atom is 0.319 e. The Morgan fingerprint density at radius 1 is 1.12 bits per heavy atom. The number of nitrogens with one attached hydrogen (secondary N) is 3. The Hall–Kier alpha value is -3.33. The lowest BCUT2D eigenvalue weighted by Crippen LogP contribution is -2.32. The largest absolute Gasteiger partial charge is 0.395 e. The van der Waals surface area contributed by atoms with Crippen LogP contribution in [0.3, 0.4) is 0 Å². The molecule has 0 unspecified atom stereocenters. The van der Waals surface area contributed by atoms with Crippen molar-refractivity contribution in [1.29, 1.82) is 0 Å². The number of aliphatic hydroxyl groups is 1. The summed E-state index contributed by atoms with van der Waals surface area (Å²) >= 11 is 0. The molecule has 0 saturated heterocycles. The lowest BCUT2D eigenvalue weighted by molar-refractivity contribution is 0.200. The van der Waals surface area contributed by atoms with Crippen molar-refractivity contribution in [3.8, 4) is 11.1 Å². The van der Waals surface area contributed by atoms with Crippen LogP contribution in [0.2, 0.25) is 0 Å². The van der Waals surface area contributed by atoms with Crippen LogP contribution < -0.4 is 16.0 Å². The number of alkyl halides is 1. The van der Waals surface area contributed by atoms with Gasteiger partial charge in [-0.2, -0.15) is 0 Å². The van der Waals surface area contributed by atoms with E-state index in [9.17, 15) is 13.6 Å². The molecule has 0 aliphatic heterocycles. The Labute approximate surface area is 191 Å². The van der Waals surface area contributed by atoms with Gasteiger partial charge in [0.25, 0.3) is 0 Å².